The Labute approximate surface area is 195 Å². The zero-order chi connectivity index (χ0) is 25.4. The second-order valence-electron chi connectivity index (χ2n) is 7.19. The number of carbonyl (C=O) groups is 2. The first-order valence-electron chi connectivity index (χ1n) is 9.85. The third-order valence-electron chi connectivity index (χ3n) is 4.55. The van der Waals surface area contributed by atoms with Crippen molar-refractivity contribution in [1.29, 1.82) is 0 Å². The van der Waals surface area contributed by atoms with Gasteiger partial charge in [0.15, 0.2) is 0 Å². The van der Waals surface area contributed by atoms with Crippen LogP contribution in [-0.2, 0) is 19.6 Å². The fraction of sp³-hybridized carbons (Fsp3) is 0.579. The third kappa shape index (κ3) is 8.65. The van der Waals surface area contributed by atoms with Crippen molar-refractivity contribution in [3.8, 4) is 5.75 Å². The van der Waals surface area contributed by atoms with Gasteiger partial charge < -0.3 is 20.1 Å². The Morgan fingerprint density at radius 3 is 2.27 bits per heavy atom. The van der Waals surface area contributed by atoms with E-state index in [-0.39, 0.29) is 35.6 Å². The number of rotatable bonds is 7. The van der Waals surface area contributed by atoms with Crippen LogP contribution in [0.3, 0.4) is 0 Å². The Morgan fingerprint density at radius 2 is 1.82 bits per heavy atom. The maximum atomic E-state index is 13.1. The Balaban J connectivity index is 0.000000675. The zero-order valence-electron chi connectivity index (χ0n) is 18.4. The number of amides is 1. The molecule has 0 radical (unpaired) electrons. The smallest absolute Gasteiger partial charge is 0.490 e. The molecule has 188 valence electrons. The molecule has 0 saturated carbocycles. The average molecular weight is 518 g/mol. The first-order valence-corrected chi connectivity index (χ1v) is 11.7. The molecule has 2 N–H and O–H groups in total. The Kier molecular flexibility index (Phi) is 10.9. The highest BCUT2D eigenvalue weighted by molar-refractivity contribution is 7.89. The summed E-state index contributed by atoms with van der Waals surface area (Å²) < 4.78 is 64.5. The van der Waals surface area contributed by atoms with Crippen molar-refractivity contribution in [3.63, 3.8) is 0 Å². The van der Waals surface area contributed by atoms with Gasteiger partial charge in [-0.1, -0.05) is 11.6 Å². The fourth-order valence-electron chi connectivity index (χ4n) is 2.91. The molecule has 0 spiro atoms. The van der Waals surface area contributed by atoms with Crippen LogP contribution in [0.5, 0.6) is 5.75 Å². The summed E-state index contributed by atoms with van der Waals surface area (Å²) in [5.74, 6) is -2.56. The lowest BCUT2D eigenvalue weighted by atomic mass is 10.3. The van der Waals surface area contributed by atoms with Crippen molar-refractivity contribution in [3.05, 3.63) is 23.2 Å². The summed E-state index contributed by atoms with van der Waals surface area (Å²) >= 11 is 5.99. The number of piperazine rings is 1. The minimum atomic E-state index is -5.08. The van der Waals surface area contributed by atoms with Crippen molar-refractivity contribution in [2.75, 3.05) is 39.8 Å². The van der Waals surface area contributed by atoms with Gasteiger partial charge in [0.05, 0.1) is 7.11 Å². The van der Waals surface area contributed by atoms with Gasteiger partial charge in [-0.15, -0.1) is 0 Å². The molecule has 0 aliphatic carbocycles. The SMILES string of the molecule is COc1ccc(Cl)cc1S(=O)(=O)N(CCC(=O)N1CCNCC1)C(C)C.O=C(O)C(F)(F)F. The molecular weight excluding hydrogens is 491 g/mol. The van der Waals surface area contributed by atoms with Crippen molar-refractivity contribution >= 4 is 33.5 Å². The minimum absolute atomic E-state index is 0.0100. The van der Waals surface area contributed by atoms with Gasteiger partial charge in [0.2, 0.25) is 15.9 Å². The second kappa shape index (κ2) is 12.4. The fourth-order valence-corrected chi connectivity index (χ4v) is 4.97. The molecule has 1 aliphatic rings. The number of aliphatic carboxylic acids is 1. The van der Waals surface area contributed by atoms with Gasteiger partial charge in [0.1, 0.15) is 10.6 Å². The minimum Gasteiger partial charge on any atom is -0.495 e. The molecule has 0 bridgehead atoms. The van der Waals surface area contributed by atoms with Gasteiger partial charge in [-0.05, 0) is 32.0 Å². The topological polar surface area (TPSA) is 116 Å². The molecular formula is C19H27ClF3N3O6S. The first-order chi connectivity index (χ1) is 15.2. The molecule has 1 heterocycles. The monoisotopic (exact) mass is 517 g/mol. The number of hydrogen-bond acceptors (Lipinski definition) is 6. The highest BCUT2D eigenvalue weighted by atomic mass is 35.5. The van der Waals surface area contributed by atoms with Crippen molar-refractivity contribution in [2.24, 2.45) is 0 Å². The van der Waals surface area contributed by atoms with Crippen molar-refractivity contribution < 1.29 is 41.0 Å². The number of methoxy groups -OCH3 is 1. The Morgan fingerprint density at radius 1 is 1.27 bits per heavy atom. The highest BCUT2D eigenvalue weighted by Crippen LogP contribution is 2.30. The number of nitrogens with zero attached hydrogens (tertiary/aromatic N) is 2. The number of carbonyl (C=O) groups excluding carboxylic acids is 1. The normalized spacial score (nSPS) is 14.6. The van der Waals surface area contributed by atoms with Gasteiger partial charge in [-0.25, -0.2) is 13.2 Å². The van der Waals surface area contributed by atoms with E-state index in [1.54, 1.807) is 24.8 Å². The second-order valence-corrected chi connectivity index (χ2v) is 9.48. The van der Waals surface area contributed by atoms with E-state index in [9.17, 15) is 26.4 Å². The number of halogens is 4. The molecule has 2 rings (SSSR count). The summed E-state index contributed by atoms with van der Waals surface area (Å²) in [4.78, 5) is 23.1. The standard InChI is InChI=1S/C17H26ClN3O4S.C2HF3O2/c1-13(2)21(9-6-17(22)20-10-7-19-8-11-20)26(23,24)16-12-14(18)4-5-15(16)25-3;3-2(4,5)1(6)7/h4-5,12-13,19H,6-11H2,1-3H3;(H,6,7). The lowest BCUT2D eigenvalue weighted by Gasteiger charge is -2.30. The van der Waals surface area contributed by atoms with Crippen LogP contribution < -0.4 is 10.1 Å². The summed E-state index contributed by atoms with van der Waals surface area (Å²) in [5.41, 5.74) is 0. The van der Waals surface area contributed by atoms with Crippen LogP contribution >= 0.6 is 11.6 Å². The maximum absolute atomic E-state index is 13.1. The number of alkyl halides is 3. The van der Waals surface area contributed by atoms with E-state index in [4.69, 9.17) is 26.2 Å². The van der Waals surface area contributed by atoms with E-state index >= 15 is 0 Å². The van der Waals surface area contributed by atoms with Gasteiger partial charge in [0.25, 0.3) is 0 Å². The predicted molar refractivity (Wildman–Crippen MR) is 115 cm³/mol. The number of sulfonamides is 1. The summed E-state index contributed by atoms with van der Waals surface area (Å²) in [5, 5.41) is 10.6. The van der Waals surface area contributed by atoms with Crippen LogP contribution in [0.15, 0.2) is 23.1 Å². The predicted octanol–water partition coefficient (Wildman–Crippen LogP) is 2.20. The summed E-state index contributed by atoms with van der Waals surface area (Å²) in [6.45, 7) is 6.49. The van der Waals surface area contributed by atoms with E-state index in [0.717, 1.165) is 13.1 Å². The van der Waals surface area contributed by atoms with Gasteiger partial charge in [0, 0.05) is 50.2 Å². The van der Waals surface area contributed by atoms with E-state index < -0.39 is 22.2 Å². The number of hydrogen-bond donors (Lipinski definition) is 2. The lowest BCUT2D eigenvalue weighted by molar-refractivity contribution is -0.192. The molecule has 9 nitrogen and oxygen atoms in total. The molecule has 0 atom stereocenters. The summed E-state index contributed by atoms with van der Waals surface area (Å²) in [7, 11) is -2.44. The van der Waals surface area contributed by atoms with Crippen molar-refractivity contribution in [1.82, 2.24) is 14.5 Å². The number of benzene rings is 1. The lowest BCUT2D eigenvalue weighted by Crippen LogP contribution is -2.47. The number of nitrogens with one attached hydrogen (secondary N) is 1. The van der Waals surface area contributed by atoms with Crippen LogP contribution in [-0.4, -0.2) is 86.7 Å². The molecule has 33 heavy (non-hydrogen) atoms. The first kappa shape index (κ1) is 28.9. The number of ether oxygens (including phenoxy) is 1. The molecule has 1 amide bonds. The van der Waals surface area contributed by atoms with Gasteiger partial charge in [-0.2, -0.15) is 17.5 Å². The third-order valence-corrected chi connectivity index (χ3v) is 6.88. The summed E-state index contributed by atoms with van der Waals surface area (Å²) in [6, 6.07) is 4.18. The van der Waals surface area contributed by atoms with Gasteiger partial charge in [-0.3, -0.25) is 4.79 Å². The number of carboxylic acids is 1. The van der Waals surface area contributed by atoms with Crippen LogP contribution in [0.1, 0.15) is 20.3 Å². The molecule has 1 saturated heterocycles. The van der Waals surface area contributed by atoms with Crippen LogP contribution in [0, 0.1) is 0 Å². The summed E-state index contributed by atoms with van der Waals surface area (Å²) in [6.07, 6.45) is -4.94. The maximum Gasteiger partial charge on any atom is 0.490 e. The molecule has 14 heteroatoms. The highest BCUT2D eigenvalue weighted by Gasteiger charge is 2.38. The van der Waals surface area contributed by atoms with Crippen molar-refractivity contribution in [2.45, 2.75) is 37.4 Å². The largest absolute Gasteiger partial charge is 0.495 e. The van der Waals surface area contributed by atoms with Crippen LogP contribution in [0.4, 0.5) is 13.2 Å². The molecule has 1 aromatic rings. The molecule has 1 aromatic carbocycles. The van der Waals surface area contributed by atoms with Gasteiger partial charge >= 0.3 is 12.1 Å². The van der Waals surface area contributed by atoms with E-state index in [1.165, 1.54) is 23.5 Å². The van der Waals surface area contributed by atoms with E-state index in [2.05, 4.69) is 5.32 Å². The zero-order valence-corrected chi connectivity index (χ0v) is 19.9. The molecule has 0 aromatic heterocycles. The number of carboxylic acid groups (broad SMARTS) is 1. The Bertz CT molecular complexity index is 922. The molecule has 0 unspecified atom stereocenters. The van der Waals surface area contributed by atoms with E-state index in [0.29, 0.717) is 18.1 Å². The van der Waals surface area contributed by atoms with Crippen LogP contribution in [0.25, 0.3) is 0 Å². The quantitative estimate of drug-likeness (QED) is 0.569. The molecule has 1 fully saturated rings. The van der Waals surface area contributed by atoms with Crippen LogP contribution in [0.2, 0.25) is 5.02 Å². The molecule has 1 aliphatic heterocycles. The average Bonchev–Trinajstić information content (AvgIpc) is 2.73. The Hall–Kier alpha value is -2.09. The van der Waals surface area contributed by atoms with E-state index in [1.807, 2.05) is 0 Å².